The normalized spacial score (nSPS) is 12.2. The van der Waals surface area contributed by atoms with E-state index >= 15 is 0 Å². The maximum absolute atomic E-state index is 2.58. The SMILES string of the molecule is CCCCCc1cc(C[CH]C(C)Cc2cc(CCCCC)cc(CCCCC)c2)cc(CCCCC)c1. The van der Waals surface area contributed by atoms with Gasteiger partial charge in [0.2, 0.25) is 0 Å². The molecule has 0 aliphatic carbocycles. The summed E-state index contributed by atoms with van der Waals surface area (Å²) in [7, 11) is 0. The molecular formula is C37H59. The third-order valence-corrected chi connectivity index (χ3v) is 7.81. The van der Waals surface area contributed by atoms with Crippen LogP contribution in [0.4, 0.5) is 0 Å². The van der Waals surface area contributed by atoms with Gasteiger partial charge in [0.1, 0.15) is 0 Å². The molecule has 37 heavy (non-hydrogen) atoms. The van der Waals surface area contributed by atoms with Gasteiger partial charge in [-0.3, -0.25) is 0 Å². The molecule has 2 aromatic rings. The highest BCUT2D eigenvalue weighted by atomic mass is 14.1. The second-order valence-electron chi connectivity index (χ2n) is 11.8. The fourth-order valence-corrected chi connectivity index (χ4v) is 5.60. The van der Waals surface area contributed by atoms with E-state index in [4.69, 9.17) is 0 Å². The fourth-order valence-electron chi connectivity index (χ4n) is 5.60. The number of hydrogen-bond acceptors (Lipinski definition) is 0. The molecule has 0 heterocycles. The Morgan fingerprint density at radius 3 is 1.14 bits per heavy atom. The minimum atomic E-state index is 0.599. The van der Waals surface area contributed by atoms with Crippen LogP contribution in [-0.4, -0.2) is 0 Å². The molecule has 0 nitrogen and oxygen atoms in total. The monoisotopic (exact) mass is 503 g/mol. The first-order valence-electron chi connectivity index (χ1n) is 16.1. The van der Waals surface area contributed by atoms with Crippen molar-refractivity contribution in [3.8, 4) is 0 Å². The third kappa shape index (κ3) is 13.7. The number of unbranched alkanes of at least 4 members (excludes halogenated alkanes) is 8. The molecule has 207 valence electrons. The van der Waals surface area contributed by atoms with Gasteiger partial charge in [-0.25, -0.2) is 0 Å². The highest BCUT2D eigenvalue weighted by molar-refractivity contribution is 5.33. The largest absolute Gasteiger partial charge is 0.0654 e. The highest BCUT2D eigenvalue weighted by Gasteiger charge is 2.10. The molecule has 0 aliphatic rings. The second-order valence-corrected chi connectivity index (χ2v) is 11.8. The van der Waals surface area contributed by atoms with Gasteiger partial charge in [-0.2, -0.15) is 0 Å². The van der Waals surface area contributed by atoms with E-state index in [2.05, 4.69) is 77.4 Å². The lowest BCUT2D eigenvalue weighted by Crippen LogP contribution is -2.05. The Labute approximate surface area is 232 Å². The van der Waals surface area contributed by atoms with Crippen molar-refractivity contribution >= 4 is 0 Å². The van der Waals surface area contributed by atoms with Crippen molar-refractivity contribution < 1.29 is 0 Å². The summed E-state index contributed by atoms with van der Waals surface area (Å²) in [5.41, 5.74) is 9.35. The molecule has 2 aromatic carbocycles. The standard InChI is InChI=1S/C37H59/c1-6-10-14-18-32-25-33(19-15-11-7-2)28-36(27-32)23-22-31(5)24-37-29-34(20-16-12-8-3)26-35(30-37)21-17-13-9-4/h22,25-31H,6-21,23-24H2,1-5H3. The van der Waals surface area contributed by atoms with E-state index in [0.29, 0.717) is 5.92 Å². The Bertz CT molecular complexity index is 789. The van der Waals surface area contributed by atoms with Crippen LogP contribution in [0.2, 0.25) is 0 Å². The molecule has 0 bridgehead atoms. The topological polar surface area (TPSA) is 0 Å². The summed E-state index contributed by atoms with van der Waals surface area (Å²) >= 11 is 0. The first-order valence-corrected chi connectivity index (χ1v) is 16.1. The van der Waals surface area contributed by atoms with E-state index in [1.165, 1.54) is 115 Å². The molecule has 2 rings (SSSR count). The van der Waals surface area contributed by atoms with Crippen molar-refractivity contribution in [1.29, 1.82) is 0 Å². The van der Waals surface area contributed by atoms with Crippen LogP contribution in [0, 0.1) is 12.3 Å². The number of benzene rings is 2. The van der Waals surface area contributed by atoms with Crippen LogP contribution in [0.5, 0.6) is 0 Å². The summed E-state index contributed by atoms with van der Waals surface area (Å²) in [5, 5.41) is 0. The summed E-state index contributed by atoms with van der Waals surface area (Å²) in [4.78, 5) is 0. The zero-order valence-corrected chi connectivity index (χ0v) is 25.3. The summed E-state index contributed by atoms with van der Waals surface area (Å²) in [5.74, 6) is 0.599. The van der Waals surface area contributed by atoms with Gasteiger partial charge in [-0.05, 0) is 110 Å². The van der Waals surface area contributed by atoms with Gasteiger partial charge in [0.25, 0.3) is 0 Å². The zero-order chi connectivity index (χ0) is 26.7. The van der Waals surface area contributed by atoms with Crippen molar-refractivity contribution in [2.45, 2.75) is 150 Å². The zero-order valence-electron chi connectivity index (χ0n) is 25.3. The average Bonchev–Trinajstić information content (AvgIpc) is 2.88. The molecule has 1 radical (unpaired) electrons. The molecule has 1 atom stereocenters. The van der Waals surface area contributed by atoms with E-state index in [9.17, 15) is 0 Å². The lowest BCUT2D eigenvalue weighted by molar-refractivity contribution is 0.646. The summed E-state index contributed by atoms with van der Waals surface area (Å²) in [6.45, 7) is 11.6. The van der Waals surface area contributed by atoms with E-state index in [1.54, 1.807) is 27.8 Å². The van der Waals surface area contributed by atoms with Crippen LogP contribution in [0.15, 0.2) is 36.4 Å². The van der Waals surface area contributed by atoms with E-state index in [-0.39, 0.29) is 0 Å². The third-order valence-electron chi connectivity index (χ3n) is 7.81. The summed E-state index contributed by atoms with van der Waals surface area (Å²) in [6, 6.07) is 15.0. The Balaban J connectivity index is 2.03. The Kier molecular flexibility index (Phi) is 16.7. The van der Waals surface area contributed by atoms with Crippen LogP contribution in [0.25, 0.3) is 0 Å². The highest BCUT2D eigenvalue weighted by Crippen LogP contribution is 2.22. The number of aryl methyl sites for hydroxylation is 4. The minimum absolute atomic E-state index is 0.599. The lowest BCUT2D eigenvalue weighted by atomic mass is 9.90. The van der Waals surface area contributed by atoms with Gasteiger partial charge in [0, 0.05) is 0 Å². The summed E-state index contributed by atoms with van der Waals surface area (Å²) in [6.07, 6.45) is 25.7. The maximum atomic E-state index is 2.58. The molecule has 0 N–H and O–H groups in total. The molecule has 0 aliphatic heterocycles. The number of hydrogen-bond donors (Lipinski definition) is 0. The minimum Gasteiger partial charge on any atom is -0.0654 e. The van der Waals surface area contributed by atoms with Gasteiger partial charge in [-0.15, -0.1) is 0 Å². The fraction of sp³-hybridized carbons (Fsp3) is 0.649. The van der Waals surface area contributed by atoms with Crippen LogP contribution < -0.4 is 0 Å². The smallest absolute Gasteiger partial charge is 0.0245 e. The van der Waals surface area contributed by atoms with Crippen molar-refractivity contribution in [2.75, 3.05) is 0 Å². The van der Waals surface area contributed by atoms with E-state index in [0.717, 1.165) is 6.42 Å². The maximum Gasteiger partial charge on any atom is -0.0245 e. The Hall–Kier alpha value is -1.56. The van der Waals surface area contributed by atoms with Crippen LogP contribution in [0.3, 0.4) is 0 Å². The van der Waals surface area contributed by atoms with Crippen molar-refractivity contribution in [3.05, 3.63) is 76.2 Å². The van der Waals surface area contributed by atoms with Crippen molar-refractivity contribution in [3.63, 3.8) is 0 Å². The van der Waals surface area contributed by atoms with Crippen LogP contribution >= 0.6 is 0 Å². The Morgan fingerprint density at radius 2 is 0.784 bits per heavy atom. The van der Waals surface area contributed by atoms with Gasteiger partial charge < -0.3 is 0 Å². The quantitative estimate of drug-likeness (QED) is 0.149. The lowest BCUT2D eigenvalue weighted by Gasteiger charge is -2.16. The van der Waals surface area contributed by atoms with Gasteiger partial charge in [0.05, 0.1) is 0 Å². The molecule has 0 saturated carbocycles. The summed E-state index contributed by atoms with van der Waals surface area (Å²) < 4.78 is 0. The van der Waals surface area contributed by atoms with Crippen molar-refractivity contribution in [2.24, 2.45) is 5.92 Å². The molecule has 0 aromatic heterocycles. The van der Waals surface area contributed by atoms with Gasteiger partial charge >= 0.3 is 0 Å². The van der Waals surface area contributed by atoms with Gasteiger partial charge in [-0.1, -0.05) is 122 Å². The molecule has 0 spiro atoms. The number of rotatable bonds is 21. The Morgan fingerprint density at radius 1 is 0.459 bits per heavy atom. The first-order chi connectivity index (χ1) is 18.1. The molecule has 0 saturated heterocycles. The van der Waals surface area contributed by atoms with E-state index in [1.807, 2.05) is 0 Å². The first kappa shape index (κ1) is 31.7. The molecular weight excluding hydrogens is 444 g/mol. The van der Waals surface area contributed by atoms with Crippen LogP contribution in [0.1, 0.15) is 145 Å². The van der Waals surface area contributed by atoms with Gasteiger partial charge in [0.15, 0.2) is 0 Å². The predicted molar refractivity (Wildman–Crippen MR) is 167 cm³/mol. The van der Waals surface area contributed by atoms with Crippen LogP contribution in [-0.2, 0) is 38.5 Å². The predicted octanol–water partition coefficient (Wildman–Crippen LogP) is 11.2. The average molecular weight is 504 g/mol. The molecule has 0 heteroatoms. The molecule has 0 fully saturated rings. The molecule has 0 amide bonds. The second kappa shape index (κ2) is 19.5. The molecule has 1 unspecified atom stereocenters. The van der Waals surface area contributed by atoms with E-state index < -0.39 is 0 Å². The van der Waals surface area contributed by atoms with Crippen molar-refractivity contribution in [1.82, 2.24) is 0 Å².